The maximum absolute atomic E-state index is 5.47. The van der Waals surface area contributed by atoms with Gasteiger partial charge in [0.2, 0.25) is 0 Å². The number of methoxy groups -OCH3 is 2. The van der Waals surface area contributed by atoms with E-state index in [9.17, 15) is 0 Å². The molecular formula is C18H31NO2. The van der Waals surface area contributed by atoms with E-state index in [0.717, 1.165) is 37.3 Å². The molecule has 1 aromatic rings. The molecule has 120 valence electrons. The van der Waals surface area contributed by atoms with Gasteiger partial charge in [0.05, 0.1) is 14.2 Å². The van der Waals surface area contributed by atoms with Crippen LogP contribution >= 0.6 is 0 Å². The van der Waals surface area contributed by atoms with Crippen LogP contribution in [0.3, 0.4) is 0 Å². The first kappa shape index (κ1) is 17.8. The molecule has 0 amide bonds. The van der Waals surface area contributed by atoms with Crippen LogP contribution in [-0.2, 0) is 6.42 Å². The van der Waals surface area contributed by atoms with Crippen LogP contribution in [0.4, 0.5) is 0 Å². The molecule has 1 N–H and O–H groups in total. The predicted octanol–water partition coefficient (Wildman–Crippen LogP) is 4.05. The van der Waals surface area contributed by atoms with Gasteiger partial charge in [0.15, 0.2) is 0 Å². The zero-order valence-electron chi connectivity index (χ0n) is 14.5. The van der Waals surface area contributed by atoms with Crippen molar-refractivity contribution >= 4 is 0 Å². The van der Waals surface area contributed by atoms with Crippen LogP contribution in [0.15, 0.2) is 18.2 Å². The third kappa shape index (κ3) is 5.58. The Balaban J connectivity index is 2.78. The molecule has 0 saturated heterocycles. The SMILES string of the molecule is CCCNC(CCc1cc(OC)ccc1OC)C(C)(C)C. The Bertz CT molecular complexity index is 424. The highest BCUT2D eigenvalue weighted by Crippen LogP contribution is 2.28. The zero-order valence-corrected chi connectivity index (χ0v) is 14.5. The molecule has 1 rings (SSSR count). The summed E-state index contributed by atoms with van der Waals surface area (Å²) in [6, 6.07) is 6.50. The molecule has 1 aromatic carbocycles. The Morgan fingerprint density at radius 2 is 1.86 bits per heavy atom. The van der Waals surface area contributed by atoms with Gasteiger partial charge in [-0.1, -0.05) is 27.7 Å². The molecule has 0 aliphatic carbocycles. The minimum Gasteiger partial charge on any atom is -0.497 e. The van der Waals surface area contributed by atoms with Crippen LogP contribution in [0.1, 0.15) is 46.1 Å². The number of ether oxygens (including phenoxy) is 2. The van der Waals surface area contributed by atoms with E-state index in [2.05, 4.69) is 39.1 Å². The molecule has 0 heterocycles. The maximum atomic E-state index is 5.47. The third-order valence-corrected chi connectivity index (χ3v) is 3.88. The standard InChI is InChI=1S/C18H31NO2/c1-7-12-19-17(18(2,3)4)11-8-14-13-15(20-5)9-10-16(14)21-6/h9-10,13,17,19H,7-8,11-12H2,1-6H3. The topological polar surface area (TPSA) is 30.5 Å². The van der Waals surface area contributed by atoms with E-state index in [0.29, 0.717) is 6.04 Å². The highest BCUT2D eigenvalue weighted by molar-refractivity contribution is 5.40. The quantitative estimate of drug-likeness (QED) is 0.784. The number of benzene rings is 1. The van der Waals surface area contributed by atoms with Gasteiger partial charge in [-0.05, 0) is 55.0 Å². The minimum absolute atomic E-state index is 0.251. The van der Waals surface area contributed by atoms with Crippen molar-refractivity contribution in [1.82, 2.24) is 5.32 Å². The molecule has 0 aromatic heterocycles. The average molecular weight is 293 g/mol. The van der Waals surface area contributed by atoms with Crippen LogP contribution in [0, 0.1) is 5.41 Å². The molecule has 3 nitrogen and oxygen atoms in total. The monoisotopic (exact) mass is 293 g/mol. The molecule has 0 fully saturated rings. The molecule has 0 aliphatic heterocycles. The fourth-order valence-corrected chi connectivity index (χ4v) is 2.54. The largest absolute Gasteiger partial charge is 0.497 e. The van der Waals surface area contributed by atoms with Gasteiger partial charge in [-0.2, -0.15) is 0 Å². The third-order valence-electron chi connectivity index (χ3n) is 3.88. The summed E-state index contributed by atoms with van der Waals surface area (Å²) >= 11 is 0. The lowest BCUT2D eigenvalue weighted by Gasteiger charge is -2.32. The van der Waals surface area contributed by atoms with Crippen molar-refractivity contribution in [1.29, 1.82) is 0 Å². The molecule has 3 heteroatoms. The second-order valence-electron chi connectivity index (χ2n) is 6.59. The van der Waals surface area contributed by atoms with Gasteiger partial charge in [0.1, 0.15) is 11.5 Å². The van der Waals surface area contributed by atoms with Crippen molar-refractivity contribution in [3.05, 3.63) is 23.8 Å². The van der Waals surface area contributed by atoms with Crippen LogP contribution in [0.5, 0.6) is 11.5 Å². The van der Waals surface area contributed by atoms with Crippen LogP contribution in [0.2, 0.25) is 0 Å². The Morgan fingerprint density at radius 1 is 1.14 bits per heavy atom. The molecule has 1 atom stereocenters. The smallest absolute Gasteiger partial charge is 0.122 e. The number of aryl methyl sites for hydroxylation is 1. The van der Waals surface area contributed by atoms with E-state index < -0.39 is 0 Å². The molecular weight excluding hydrogens is 262 g/mol. The van der Waals surface area contributed by atoms with Gasteiger partial charge in [-0.3, -0.25) is 0 Å². The molecule has 21 heavy (non-hydrogen) atoms. The summed E-state index contributed by atoms with van der Waals surface area (Å²) in [6.45, 7) is 10.2. The molecule has 0 aliphatic rings. The summed E-state index contributed by atoms with van der Waals surface area (Å²) in [5.74, 6) is 1.83. The lowest BCUT2D eigenvalue weighted by Crippen LogP contribution is -2.41. The van der Waals surface area contributed by atoms with Crippen molar-refractivity contribution in [3.8, 4) is 11.5 Å². The predicted molar refractivity (Wildman–Crippen MR) is 89.4 cm³/mol. The van der Waals surface area contributed by atoms with Crippen LogP contribution in [0.25, 0.3) is 0 Å². The molecule has 0 radical (unpaired) electrons. The number of nitrogens with one attached hydrogen (secondary N) is 1. The Labute approximate surface area is 130 Å². The first-order chi connectivity index (χ1) is 9.92. The summed E-state index contributed by atoms with van der Waals surface area (Å²) in [4.78, 5) is 0. The van der Waals surface area contributed by atoms with Crippen LogP contribution < -0.4 is 14.8 Å². The van der Waals surface area contributed by atoms with Crippen LogP contribution in [-0.4, -0.2) is 26.8 Å². The fraction of sp³-hybridized carbons (Fsp3) is 0.667. The van der Waals surface area contributed by atoms with Gasteiger partial charge in [-0.25, -0.2) is 0 Å². The first-order valence-corrected chi connectivity index (χ1v) is 7.86. The Hall–Kier alpha value is -1.22. The maximum Gasteiger partial charge on any atom is 0.122 e. The second-order valence-corrected chi connectivity index (χ2v) is 6.59. The lowest BCUT2D eigenvalue weighted by atomic mass is 9.83. The summed E-state index contributed by atoms with van der Waals surface area (Å²) in [6.07, 6.45) is 3.24. The molecule has 0 bridgehead atoms. The highest BCUT2D eigenvalue weighted by atomic mass is 16.5. The van der Waals surface area contributed by atoms with Gasteiger partial charge in [-0.15, -0.1) is 0 Å². The van der Waals surface area contributed by atoms with E-state index in [4.69, 9.17) is 9.47 Å². The zero-order chi connectivity index (χ0) is 15.9. The number of hydrogen-bond acceptors (Lipinski definition) is 3. The summed E-state index contributed by atoms with van der Waals surface area (Å²) in [5, 5.41) is 3.67. The van der Waals surface area contributed by atoms with E-state index >= 15 is 0 Å². The molecule has 1 unspecified atom stereocenters. The van der Waals surface area contributed by atoms with E-state index in [1.54, 1.807) is 14.2 Å². The van der Waals surface area contributed by atoms with E-state index in [-0.39, 0.29) is 5.41 Å². The van der Waals surface area contributed by atoms with Gasteiger partial charge >= 0.3 is 0 Å². The normalized spacial score (nSPS) is 13.0. The lowest BCUT2D eigenvalue weighted by molar-refractivity contribution is 0.254. The second kappa shape index (κ2) is 8.28. The van der Waals surface area contributed by atoms with Crippen molar-refractivity contribution in [2.45, 2.75) is 53.0 Å². The van der Waals surface area contributed by atoms with Crippen molar-refractivity contribution < 1.29 is 9.47 Å². The molecule has 0 spiro atoms. The highest BCUT2D eigenvalue weighted by Gasteiger charge is 2.24. The van der Waals surface area contributed by atoms with Crippen molar-refractivity contribution in [3.63, 3.8) is 0 Å². The van der Waals surface area contributed by atoms with Gasteiger partial charge in [0.25, 0.3) is 0 Å². The summed E-state index contributed by atoms with van der Waals surface area (Å²) in [5.41, 5.74) is 1.46. The number of hydrogen-bond donors (Lipinski definition) is 1. The summed E-state index contributed by atoms with van der Waals surface area (Å²) in [7, 11) is 3.42. The summed E-state index contributed by atoms with van der Waals surface area (Å²) < 4.78 is 10.8. The number of rotatable bonds is 8. The van der Waals surface area contributed by atoms with Gasteiger partial charge in [0, 0.05) is 6.04 Å². The van der Waals surface area contributed by atoms with Gasteiger partial charge < -0.3 is 14.8 Å². The van der Waals surface area contributed by atoms with Crippen molar-refractivity contribution in [2.24, 2.45) is 5.41 Å². The van der Waals surface area contributed by atoms with Crippen molar-refractivity contribution in [2.75, 3.05) is 20.8 Å². The Morgan fingerprint density at radius 3 is 2.38 bits per heavy atom. The fourth-order valence-electron chi connectivity index (χ4n) is 2.54. The Kier molecular flexibility index (Phi) is 7.03. The van der Waals surface area contributed by atoms with E-state index in [1.807, 2.05) is 12.1 Å². The average Bonchev–Trinajstić information content (AvgIpc) is 2.45. The first-order valence-electron chi connectivity index (χ1n) is 7.86. The molecule has 0 saturated carbocycles. The van der Waals surface area contributed by atoms with E-state index in [1.165, 1.54) is 5.56 Å². The minimum atomic E-state index is 0.251.